The van der Waals surface area contributed by atoms with Crippen molar-refractivity contribution in [1.82, 2.24) is 14.5 Å². The number of hydrogen-bond donors (Lipinski definition) is 0. The van der Waals surface area contributed by atoms with Gasteiger partial charge in [0.2, 0.25) is 5.90 Å². The monoisotopic (exact) mass is 542 g/mol. The number of fused-ring (bicyclic) bond motifs is 4. The van der Waals surface area contributed by atoms with Crippen molar-refractivity contribution in [2.75, 3.05) is 0 Å². The van der Waals surface area contributed by atoms with E-state index in [-0.39, 0.29) is 17.1 Å². The van der Waals surface area contributed by atoms with Gasteiger partial charge in [-0.3, -0.25) is 9.97 Å². The highest BCUT2D eigenvalue weighted by Crippen LogP contribution is 2.40. The van der Waals surface area contributed by atoms with Crippen LogP contribution in [0.15, 0.2) is 71.9 Å². The first-order chi connectivity index (χ1) is 19.6. The van der Waals surface area contributed by atoms with E-state index < -0.39 is 0 Å². The van der Waals surface area contributed by atoms with Crippen LogP contribution in [0.25, 0.3) is 38.8 Å². The molecule has 0 bridgehead atoms. The fourth-order valence-corrected chi connectivity index (χ4v) is 6.72. The summed E-state index contributed by atoms with van der Waals surface area (Å²) in [5.41, 5.74) is 9.56. The molecule has 7 rings (SSSR count). The van der Waals surface area contributed by atoms with Crippen LogP contribution in [0.3, 0.4) is 0 Å². The predicted octanol–water partition coefficient (Wildman–Crippen LogP) is 8.63. The molecule has 5 aromatic rings. The van der Waals surface area contributed by atoms with Gasteiger partial charge in [0.25, 0.3) is 0 Å². The second-order valence-electron chi connectivity index (χ2n) is 13.1. The third kappa shape index (κ3) is 4.25. The second kappa shape index (κ2) is 9.27. The van der Waals surface area contributed by atoms with E-state index in [0.29, 0.717) is 0 Å². The van der Waals surface area contributed by atoms with Crippen LogP contribution < -0.4 is 0 Å². The standard InChI is InChI=1S/C36H38N4O/c1-22-28(34-39-36(6)17-10-9-13-33(36)41-34)21-31(23(2)38-22)40-30-12-8-7-11-26(30)27-15-14-24(19-32(27)40)29-20-25(16-18-37-29)35(3,4)5/h7-8,11-12,14-16,18-21,33H,9-10,13,17H2,1-6H3/t33-,36-/m0/s1. The zero-order valence-corrected chi connectivity index (χ0v) is 25.0. The summed E-state index contributed by atoms with van der Waals surface area (Å²) >= 11 is 0. The number of rotatable bonds is 3. The van der Waals surface area contributed by atoms with Crippen LogP contribution in [0, 0.1) is 13.8 Å². The molecule has 208 valence electrons. The Morgan fingerprint density at radius 1 is 0.902 bits per heavy atom. The van der Waals surface area contributed by atoms with E-state index >= 15 is 0 Å². The van der Waals surface area contributed by atoms with Crippen LogP contribution in [-0.2, 0) is 10.2 Å². The zero-order valence-electron chi connectivity index (χ0n) is 25.0. The number of nitrogens with zero attached hydrogens (tertiary/aromatic N) is 4. The lowest BCUT2D eigenvalue weighted by atomic mass is 9.82. The van der Waals surface area contributed by atoms with Crippen molar-refractivity contribution in [3.8, 4) is 16.9 Å². The van der Waals surface area contributed by atoms with Crippen LogP contribution in [-0.4, -0.2) is 32.1 Å². The van der Waals surface area contributed by atoms with E-state index in [1.54, 1.807) is 0 Å². The van der Waals surface area contributed by atoms with E-state index in [2.05, 4.69) is 107 Å². The number of ether oxygens (including phenoxy) is 1. The maximum Gasteiger partial charge on any atom is 0.219 e. The van der Waals surface area contributed by atoms with Gasteiger partial charge in [0.15, 0.2) is 0 Å². The Labute approximate surface area is 242 Å². The number of benzene rings is 2. The molecule has 0 N–H and O–H groups in total. The molecule has 4 heterocycles. The Morgan fingerprint density at radius 2 is 1.71 bits per heavy atom. The first-order valence-electron chi connectivity index (χ1n) is 14.9. The van der Waals surface area contributed by atoms with Gasteiger partial charge in [0, 0.05) is 22.5 Å². The van der Waals surface area contributed by atoms with E-state index in [4.69, 9.17) is 19.7 Å². The molecule has 0 amide bonds. The Hall–Kier alpha value is -3.99. The lowest BCUT2D eigenvalue weighted by molar-refractivity contribution is 0.104. The summed E-state index contributed by atoms with van der Waals surface area (Å²) in [4.78, 5) is 15.0. The number of aryl methyl sites for hydroxylation is 2. The number of aliphatic imine (C=N–C) groups is 1. The molecule has 2 aromatic carbocycles. The molecule has 1 aliphatic carbocycles. The molecule has 0 saturated heterocycles. The van der Waals surface area contributed by atoms with Crippen molar-refractivity contribution in [3.63, 3.8) is 0 Å². The number of para-hydroxylation sites is 1. The topological polar surface area (TPSA) is 52.3 Å². The minimum Gasteiger partial charge on any atom is -0.472 e. The van der Waals surface area contributed by atoms with Gasteiger partial charge < -0.3 is 9.30 Å². The quantitative estimate of drug-likeness (QED) is 0.229. The highest BCUT2D eigenvalue weighted by Gasteiger charge is 2.44. The summed E-state index contributed by atoms with van der Waals surface area (Å²) in [5, 5.41) is 2.44. The molecule has 1 fully saturated rings. The zero-order chi connectivity index (χ0) is 28.5. The van der Waals surface area contributed by atoms with Gasteiger partial charge in [-0.05, 0) is 81.3 Å². The molecule has 5 heteroatoms. The van der Waals surface area contributed by atoms with Gasteiger partial charge in [-0.2, -0.15) is 0 Å². The summed E-state index contributed by atoms with van der Waals surface area (Å²) in [5.74, 6) is 0.746. The van der Waals surface area contributed by atoms with Gasteiger partial charge in [0.1, 0.15) is 6.10 Å². The Balaban J connectivity index is 1.43. The molecule has 41 heavy (non-hydrogen) atoms. The molecule has 1 aliphatic heterocycles. The van der Waals surface area contributed by atoms with Crippen molar-refractivity contribution in [3.05, 3.63) is 89.4 Å². The van der Waals surface area contributed by atoms with Gasteiger partial charge in [-0.15, -0.1) is 0 Å². The second-order valence-corrected chi connectivity index (χ2v) is 13.1. The molecule has 5 nitrogen and oxygen atoms in total. The fourth-order valence-electron chi connectivity index (χ4n) is 6.72. The van der Waals surface area contributed by atoms with Crippen molar-refractivity contribution >= 4 is 27.7 Å². The van der Waals surface area contributed by atoms with E-state index in [1.165, 1.54) is 29.2 Å². The summed E-state index contributed by atoms with van der Waals surface area (Å²) in [6, 6.07) is 21.9. The molecular weight excluding hydrogens is 504 g/mol. The number of aromatic nitrogens is 3. The van der Waals surface area contributed by atoms with Crippen molar-refractivity contribution < 1.29 is 4.74 Å². The van der Waals surface area contributed by atoms with Crippen LogP contribution in [0.1, 0.15) is 75.9 Å². The molecule has 0 radical (unpaired) electrons. The lowest BCUT2D eigenvalue weighted by Crippen LogP contribution is -2.37. The molecule has 0 spiro atoms. The van der Waals surface area contributed by atoms with E-state index in [0.717, 1.165) is 63.7 Å². The molecule has 0 unspecified atom stereocenters. The van der Waals surface area contributed by atoms with E-state index in [9.17, 15) is 0 Å². The van der Waals surface area contributed by atoms with Crippen LogP contribution in [0.4, 0.5) is 0 Å². The Morgan fingerprint density at radius 3 is 2.51 bits per heavy atom. The van der Waals surface area contributed by atoms with Crippen LogP contribution >= 0.6 is 0 Å². The molecule has 1 saturated carbocycles. The number of hydrogen-bond acceptors (Lipinski definition) is 4. The summed E-state index contributed by atoms with van der Waals surface area (Å²) < 4.78 is 8.89. The lowest BCUT2D eigenvalue weighted by Gasteiger charge is -2.31. The third-order valence-electron chi connectivity index (χ3n) is 9.15. The SMILES string of the molecule is Cc1nc(C)c(-n2c3ccccc3c3ccc(-c4cc(C(C)(C)C)ccn4)cc32)cc1C1=N[C@@]2(C)CCCC[C@@H]2O1. The summed E-state index contributed by atoms with van der Waals surface area (Å²) in [7, 11) is 0. The smallest absolute Gasteiger partial charge is 0.219 e. The van der Waals surface area contributed by atoms with E-state index in [1.807, 2.05) is 6.20 Å². The average molecular weight is 543 g/mol. The molecule has 3 aromatic heterocycles. The largest absolute Gasteiger partial charge is 0.472 e. The first-order valence-corrected chi connectivity index (χ1v) is 14.9. The normalized spacial score (nSPS) is 20.7. The first kappa shape index (κ1) is 25.9. The fraction of sp³-hybridized carbons (Fsp3) is 0.361. The number of pyridine rings is 2. The van der Waals surface area contributed by atoms with Gasteiger partial charge in [0.05, 0.1) is 44.9 Å². The maximum absolute atomic E-state index is 6.53. The summed E-state index contributed by atoms with van der Waals surface area (Å²) in [6.07, 6.45) is 6.64. The predicted molar refractivity (Wildman–Crippen MR) is 168 cm³/mol. The van der Waals surface area contributed by atoms with Crippen molar-refractivity contribution in [1.29, 1.82) is 0 Å². The molecule has 2 aliphatic rings. The third-order valence-corrected chi connectivity index (χ3v) is 9.15. The van der Waals surface area contributed by atoms with Gasteiger partial charge in [-0.25, -0.2) is 4.99 Å². The van der Waals surface area contributed by atoms with Gasteiger partial charge >= 0.3 is 0 Å². The molecular formula is C36H38N4O. The van der Waals surface area contributed by atoms with Crippen molar-refractivity contribution in [2.45, 2.75) is 84.3 Å². The van der Waals surface area contributed by atoms with Crippen LogP contribution in [0.5, 0.6) is 0 Å². The molecule has 2 atom stereocenters. The van der Waals surface area contributed by atoms with Gasteiger partial charge in [-0.1, -0.05) is 57.5 Å². The Kier molecular flexibility index (Phi) is 5.86. The van der Waals surface area contributed by atoms with Crippen LogP contribution in [0.2, 0.25) is 0 Å². The van der Waals surface area contributed by atoms with Crippen molar-refractivity contribution in [2.24, 2.45) is 4.99 Å². The maximum atomic E-state index is 6.53. The Bertz CT molecular complexity index is 1860. The summed E-state index contributed by atoms with van der Waals surface area (Å²) in [6.45, 7) is 13.1. The average Bonchev–Trinajstić information content (AvgIpc) is 3.47. The highest BCUT2D eigenvalue weighted by molar-refractivity contribution is 6.10. The highest BCUT2D eigenvalue weighted by atomic mass is 16.5. The minimum absolute atomic E-state index is 0.0530. The minimum atomic E-state index is -0.137.